The summed E-state index contributed by atoms with van der Waals surface area (Å²) in [5, 5.41) is 11.8. The number of hydrogen-bond donors (Lipinski definition) is 1. The summed E-state index contributed by atoms with van der Waals surface area (Å²) in [5.41, 5.74) is 0.139. The molecule has 0 bridgehead atoms. The van der Waals surface area contributed by atoms with Crippen molar-refractivity contribution in [2.24, 2.45) is 5.41 Å². The molecule has 1 N–H and O–H groups in total. The van der Waals surface area contributed by atoms with Crippen molar-refractivity contribution in [1.29, 1.82) is 5.26 Å². The Bertz CT molecular complexity index is 352. The molecule has 1 unspecified atom stereocenters. The molecule has 0 aromatic heterocycles. The van der Waals surface area contributed by atoms with Crippen LogP contribution in [0.2, 0.25) is 0 Å². The molecule has 1 saturated carbocycles. The van der Waals surface area contributed by atoms with Gasteiger partial charge in [0.1, 0.15) is 9.84 Å². The van der Waals surface area contributed by atoms with E-state index in [4.69, 9.17) is 5.26 Å². The molecule has 1 aliphatic rings. The van der Waals surface area contributed by atoms with E-state index >= 15 is 0 Å². The number of rotatable bonds is 6. The predicted molar refractivity (Wildman–Crippen MR) is 59.1 cm³/mol. The van der Waals surface area contributed by atoms with Crippen LogP contribution in [-0.4, -0.2) is 33.0 Å². The molecule has 86 valence electrons. The van der Waals surface area contributed by atoms with E-state index in [2.05, 4.69) is 11.4 Å². The van der Waals surface area contributed by atoms with Crippen LogP contribution in [0.1, 0.15) is 26.2 Å². The Labute approximate surface area is 91.6 Å². The van der Waals surface area contributed by atoms with Gasteiger partial charge in [-0.25, -0.2) is 8.42 Å². The second-order valence-electron chi connectivity index (χ2n) is 4.71. The van der Waals surface area contributed by atoms with Crippen molar-refractivity contribution < 1.29 is 8.42 Å². The summed E-state index contributed by atoms with van der Waals surface area (Å²) in [6.45, 7) is 2.63. The Morgan fingerprint density at radius 2 is 2.13 bits per heavy atom. The average molecular weight is 230 g/mol. The largest absolute Gasteiger partial charge is 0.313 e. The van der Waals surface area contributed by atoms with Crippen molar-refractivity contribution in [1.82, 2.24) is 5.32 Å². The van der Waals surface area contributed by atoms with E-state index in [-0.39, 0.29) is 17.2 Å². The maximum absolute atomic E-state index is 11.0. The fourth-order valence-electron chi connectivity index (χ4n) is 1.66. The van der Waals surface area contributed by atoms with Crippen molar-refractivity contribution in [2.75, 3.05) is 18.6 Å². The van der Waals surface area contributed by atoms with Crippen LogP contribution in [0.15, 0.2) is 0 Å². The lowest BCUT2D eigenvalue weighted by atomic mass is 10.0. The Morgan fingerprint density at radius 1 is 1.53 bits per heavy atom. The summed E-state index contributed by atoms with van der Waals surface area (Å²) in [5.74, 6) is 0.162. The van der Waals surface area contributed by atoms with Crippen LogP contribution in [0.25, 0.3) is 0 Å². The van der Waals surface area contributed by atoms with Gasteiger partial charge in [-0.15, -0.1) is 0 Å². The van der Waals surface area contributed by atoms with Gasteiger partial charge in [-0.3, -0.25) is 0 Å². The van der Waals surface area contributed by atoms with Gasteiger partial charge in [0, 0.05) is 25.3 Å². The van der Waals surface area contributed by atoms with E-state index in [1.165, 1.54) is 6.26 Å². The first-order valence-corrected chi connectivity index (χ1v) is 7.21. The predicted octanol–water partition coefficient (Wildman–Crippen LogP) is 0.703. The van der Waals surface area contributed by atoms with Gasteiger partial charge in [-0.05, 0) is 25.2 Å². The zero-order valence-corrected chi connectivity index (χ0v) is 10.1. The van der Waals surface area contributed by atoms with Gasteiger partial charge < -0.3 is 5.32 Å². The Hall–Kier alpha value is -0.600. The van der Waals surface area contributed by atoms with Crippen LogP contribution in [0.4, 0.5) is 0 Å². The first-order valence-electron chi connectivity index (χ1n) is 5.15. The molecule has 1 aliphatic carbocycles. The molecule has 0 aromatic carbocycles. The molecule has 0 radical (unpaired) electrons. The van der Waals surface area contributed by atoms with E-state index < -0.39 is 9.84 Å². The van der Waals surface area contributed by atoms with Gasteiger partial charge in [0.15, 0.2) is 0 Å². The second-order valence-corrected chi connectivity index (χ2v) is 6.89. The highest BCUT2D eigenvalue weighted by Crippen LogP contribution is 2.47. The number of nitrogens with one attached hydrogen (secondary N) is 1. The van der Waals surface area contributed by atoms with Gasteiger partial charge in [-0.1, -0.05) is 0 Å². The minimum atomic E-state index is -2.91. The van der Waals surface area contributed by atoms with E-state index in [1.807, 2.05) is 6.92 Å². The van der Waals surface area contributed by atoms with Crippen molar-refractivity contribution in [3.8, 4) is 6.07 Å². The third kappa shape index (κ3) is 4.63. The smallest absolute Gasteiger partial charge is 0.148 e. The van der Waals surface area contributed by atoms with Crippen molar-refractivity contribution in [2.45, 2.75) is 32.2 Å². The number of nitriles is 1. The molecule has 0 amide bonds. The quantitative estimate of drug-likeness (QED) is 0.729. The van der Waals surface area contributed by atoms with Crippen LogP contribution in [0, 0.1) is 16.7 Å². The average Bonchev–Trinajstić information content (AvgIpc) is 2.80. The highest BCUT2D eigenvalue weighted by Gasteiger charge is 2.42. The molecule has 0 heterocycles. The third-order valence-electron chi connectivity index (χ3n) is 2.79. The summed E-state index contributed by atoms with van der Waals surface area (Å²) < 4.78 is 22.0. The molecule has 1 atom stereocenters. The normalized spacial score (nSPS) is 20.6. The van der Waals surface area contributed by atoms with Crippen LogP contribution < -0.4 is 5.32 Å². The van der Waals surface area contributed by atoms with Crippen molar-refractivity contribution in [3.63, 3.8) is 0 Å². The maximum Gasteiger partial charge on any atom is 0.148 e. The van der Waals surface area contributed by atoms with Gasteiger partial charge in [-0.2, -0.15) is 5.26 Å². The Kier molecular flexibility index (Phi) is 3.74. The molecule has 1 fully saturated rings. The monoisotopic (exact) mass is 230 g/mol. The summed E-state index contributed by atoms with van der Waals surface area (Å²) in [6.07, 6.45) is 3.98. The molecule has 5 heteroatoms. The number of sulfone groups is 1. The molecule has 1 rings (SSSR count). The molecular weight excluding hydrogens is 212 g/mol. The third-order valence-corrected chi connectivity index (χ3v) is 3.89. The number of hydrogen-bond acceptors (Lipinski definition) is 4. The highest BCUT2D eigenvalue weighted by atomic mass is 32.2. The van der Waals surface area contributed by atoms with Gasteiger partial charge in [0.05, 0.1) is 11.8 Å². The molecule has 15 heavy (non-hydrogen) atoms. The summed E-state index contributed by atoms with van der Waals surface area (Å²) in [4.78, 5) is 0. The zero-order chi connectivity index (χ0) is 11.5. The van der Waals surface area contributed by atoms with E-state index in [9.17, 15) is 8.42 Å². The van der Waals surface area contributed by atoms with Gasteiger partial charge >= 0.3 is 0 Å². The second kappa shape index (κ2) is 4.50. The lowest BCUT2D eigenvalue weighted by Gasteiger charge is -2.17. The fraction of sp³-hybridized carbons (Fsp3) is 0.900. The lowest BCUT2D eigenvalue weighted by Crippen LogP contribution is -2.36. The minimum absolute atomic E-state index is 0.0313. The molecule has 0 spiro atoms. The van der Waals surface area contributed by atoms with Crippen LogP contribution in [0.5, 0.6) is 0 Å². The first-order chi connectivity index (χ1) is 6.87. The van der Waals surface area contributed by atoms with E-state index in [1.54, 1.807) is 0 Å². The zero-order valence-electron chi connectivity index (χ0n) is 9.28. The van der Waals surface area contributed by atoms with Crippen LogP contribution in [0.3, 0.4) is 0 Å². The lowest BCUT2D eigenvalue weighted by molar-refractivity contribution is 0.438. The Morgan fingerprint density at radius 3 is 2.53 bits per heavy atom. The Balaban J connectivity index is 2.29. The summed E-state index contributed by atoms with van der Waals surface area (Å²) in [7, 11) is -2.91. The molecule has 4 nitrogen and oxygen atoms in total. The van der Waals surface area contributed by atoms with Gasteiger partial charge in [0.2, 0.25) is 0 Å². The minimum Gasteiger partial charge on any atom is -0.313 e. The molecular formula is C10H18N2O2S. The number of nitrogens with zero attached hydrogens (tertiary/aromatic N) is 1. The molecule has 0 saturated heterocycles. The van der Waals surface area contributed by atoms with E-state index in [0.29, 0.717) is 6.42 Å². The first kappa shape index (κ1) is 12.5. The SMILES string of the molecule is CC(CS(C)(=O)=O)NCC1(CC#N)CC1. The van der Waals surface area contributed by atoms with Gasteiger partial charge in [0.25, 0.3) is 0 Å². The highest BCUT2D eigenvalue weighted by molar-refractivity contribution is 7.90. The fourth-order valence-corrected chi connectivity index (χ4v) is 2.69. The molecule has 0 aromatic rings. The van der Waals surface area contributed by atoms with Crippen molar-refractivity contribution >= 4 is 9.84 Å². The summed E-state index contributed by atoms with van der Waals surface area (Å²) >= 11 is 0. The van der Waals surface area contributed by atoms with Crippen molar-refractivity contribution in [3.05, 3.63) is 0 Å². The molecule has 0 aliphatic heterocycles. The van der Waals surface area contributed by atoms with Crippen LogP contribution >= 0.6 is 0 Å². The maximum atomic E-state index is 11.0. The summed E-state index contributed by atoms with van der Waals surface area (Å²) in [6, 6.07) is 2.15. The topological polar surface area (TPSA) is 70.0 Å². The van der Waals surface area contributed by atoms with E-state index in [0.717, 1.165) is 19.4 Å². The standard InChI is InChI=1S/C10H18N2O2S/c1-9(7-15(2,13)14)12-8-10(3-4-10)5-6-11/h9,12H,3-5,7-8H2,1-2H3. The van der Waals surface area contributed by atoms with Crippen LogP contribution in [-0.2, 0) is 9.84 Å².